The van der Waals surface area contributed by atoms with Crippen LogP contribution in [0, 0.1) is 0 Å². The number of benzene rings is 1. The number of hydrogen-bond donors (Lipinski definition) is 1. The molecule has 18 heavy (non-hydrogen) atoms. The van der Waals surface area contributed by atoms with Gasteiger partial charge >= 0.3 is 0 Å². The van der Waals surface area contributed by atoms with Crippen LogP contribution in [-0.2, 0) is 0 Å². The molecule has 3 nitrogen and oxygen atoms in total. The van der Waals surface area contributed by atoms with Crippen molar-refractivity contribution in [3.8, 4) is 5.75 Å². The lowest BCUT2D eigenvalue weighted by atomic mass is 10.1. The molecule has 4 heteroatoms. The topological polar surface area (TPSA) is 40.5 Å². The monoisotopic (exact) mass is 265 g/mol. The summed E-state index contributed by atoms with van der Waals surface area (Å²) in [6.07, 6.45) is 0. The standard InChI is InChI=1S/C14H19NO2S/c1-10-7-15(8-11(2)18-10)9-14(17)12-3-5-13(16)6-4-12/h3-6,10-11,16H,7-9H2,1-2H3. The van der Waals surface area contributed by atoms with Gasteiger partial charge < -0.3 is 5.11 Å². The van der Waals surface area contributed by atoms with Crippen LogP contribution in [-0.4, -0.2) is 45.9 Å². The third-order valence-electron chi connectivity index (χ3n) is 3.05. The van der Waals surface area contributed by atoms with E-state index in [0.29, 0.717) is 22.6 Å². The molecule has 1 N–H and O–H groups in total. The molecule has 2 unspecified atom stereocenters. The van der Waals surface area contributed by atoms with Crippen LogP contribution in [0.2, 0.25) is 0 Å². The van der Waals surface area contributed by atoms with E-state index in [1.807, 2.05) is 11.8 Å². The Labute approximate surface area is 112 Å². The number of hydrogen-bond acceptors (Lipinski definition) is 4. The van der Waals surface area contributed by atoms with Crippen molar-refractivity contribution < 1.29 is 9.90 Å². The maximum absolute atomic E-state index is 12.1. The van der Waals surface area contributed by atoms with E-state index in [-0.39, 0.29) is 11.5 Å². The van der Waals surface area contributed by atoms with Crippen LogP contribution in [0.5, 0.6) is 5.75 Å². The van der Waals surface area contributed by atoms with Crippen molar-refractivity contribution in [2.75, 3.05) is 19.6 Å². The first-order valence-corrected chi connectivity index (χ1v) is 7.19. The van der Waals surface area contributed by atoms with E-state index >= 15 is 0 Å². The largest absolute Gasteiger partial charge is 0.508 e. The van der Waals surface area contributed by atoms with Gasteiger partial charge in [-0.1, -0.05) is 13.8 Å². The Kier molecular flexibility index (Phi) is 4.30. The van der Waals surface area contributed by atoms with Crippen LogP contribution in [0.15, 0.2) is 24.3 Å². The van der Waals surface area contributed by atoms with Crippen LogP contribution in [0.3, 0.4) is 0 Å². The summed E-state index contributed by atoms with van der Waals surface area (Å²) in [5.41, 5.74) is 0.673. The SMILES string of the molecule is CC1CN(CC(=O)c2ccc(O)cc2)CC(C)S1. The van der Waals surface area contributed by atoms with Crippen molar-refractivity contribution in [2.45, 2.75) is 24.3 Å². The predicted octanol–water partition coefficient (Wildman–Crippen LogP) is 2.40. The quantitative estimate of drug-likeness (QED) is 0.852. The van der Waals surface area contributed by atoms with Gasteiger partial charge in [-0.3, -0.25) is 9.69 Å². The van der Waals surface area contributed by atoms with Crippen molar-refractivity contribution in [1.29, 1.82) is 0 Å². The number of thioether (sulfide) groups is 1. The summed E-state index contributed by atoms with van der Waals surface area (Å²) < 4.78 is 0. The van der Waals surface area contributed by atoms with Crippen LogP contribution in [0.1, 0.15) is 24.2 Å². The van der Waals surface area contributed by atoms with Gasteiger partial charge in [0, 0.05) is 29.2 Å². The molecule has 1 saturated heterocycles. The number of phenols is 1. The summed E-state index contributed by atoms with van der Waals surface area (Å²) in [6.45, 7) is 6.83. The highest BCUT2D eigenvalue weighted by atomic mass is 32.2. The number of nitrogens with zero attached hydrogens (tertiary/aromatic N) is 1. The molecule has 1 aromatic rings. The molecule has 2 atom stereocenters. The maximum Gasteiger partial charge on any atom is 0.176 e. The molecule has 0 spiro atoms. The van der Waals surface area contributed by atoms with Crippen LogP contribution >= 0.6 is 11.8 Å². The molecular formula is C14H19NO2S. The minimum Gasteiger partial charge on any atom is -0.508 e. The molecule has 98 valence electrons. The molecule has 0 aromatic heterocycles. The smallest absolute Gasteiger partial charge is 0.176 e. The summed E-state index contributed by atoms with van der Waals surface area (Å²) in [4.78, 5) is 14.3. The van der Waals surface area contributed by atoms with Crippen LogP contribution in [0.4, 0.5) is 0 Å². The first-order chi connectivity index (χ1) is 8.54. The van der Waals surface area contributed by atoms with Gasteiger partial charge in [-0.05, 0) is 24.3 Å². The molecule has 1 aliphatic heterocycles. The van der Waals surface area contributed by atoms with E-state index in [9.17, 15) is 9.90 Å². The van der Waals surface area contributed by atoms with Gasteiger partial charge in [0.05, 0.1) is 6.54 Å². The second-order valence-corrected chi connectivity index (χ2v) is 6.80. The predicted molar refractivity (Wildman–Crippen MR) is 75.4 cm³/mol. The molecular weight excluding hydrogens is 246 g/mol. The van der Waals surface area contributed by atoms with Gasteiger partial charge in [0.25, 0.3) is 0 Å². The molecule has 2 rings (SSSR count). The number of rotatable bonds is 3. The summed E-state index contributed by atoms with van der Waals surface area (Å²) >= 11 is 1.98. The molecule has 0 radical (unpaired) electrons. The Balaban J connectivity index is 1.96. The van der Waals surface area contributed by atoms with Crippen LogP contribution < -0.4 is 0 Å². The number of aromatic hydroxyl groups is 1. The lowest BCUT2D eigenvalue weighted by molar-refractivity contribution is 0.0930. The average molecular weight is 265 g/mol. The Morgan fingerprint density at radius 3 is 2.39 bits per heavy atom. The fraction of sp³-hybridized carbons (Fsp3) is 0.500. The van der Waals surface area contributed by atoms with Gasteiger partial charge in [0.1, 0.15) is 5.75 Å². The van der Waals surface area contributed by atoms with Gasteiger partial charge in [-0.25, -0.2) is 0 Å². The minimum atomic E-state index is 0.126. The first kappa shape index (κ1) is 13.4. The normalized spacial score (nSPS) is 25.0. The number of Topliss-reactive ketones (excluding diaryl/α,β-unsaturated/α-hetero) is 1. The minimum absolute atomic E-state index is 0.126. The molecule has 0 bridgehead atoms. The highest BCUT2D eigenvalue weighted by Crippen LogP contribution is 2.24. The van der Waals surface area contributed by atoms with Crippen molar-refractivity contribution in [3.05, 3.63) is 29.8 Å². The maximum atomic E-state index is 12.1. The molecule has 0 amide bonds. The molecule has 1 aromatic carbocycles. The Morgan fingerprint density at radius 1 is 1.28 bits per heavy atom. The zero-order valence-corrected chi connectivity index (χ0v) is 11.6. The molecule has 1 aliphatic rings. The zero-order chi connectivity index (χ0) is 13.1. The fourth-order valence-corrected chi connectivity index (χ4v) is 3.74. The molecule has 1 heterocycles. The first-order valence-electron chi connectivity index (χ1n) is 6.24. The average Bonchev–Trinajstić information content (AvgIpc) is 2.28. The molecule has 1 fully saturated rings. The number of carbonyl (C=O) groups is 1. The second kappa shape index (κ2) is 5.76. The third kappa shape index (κ3) is 3.50. The van der Waals surface area contributed by atoms with Gasteiger partial charge in [0.2, 0.25) is 0 Å². The van der Waals surface area contributed by atoms with Crippen molar-refractivity contribution in [2.24, 2.45) is 0 Å². The van der Waals surface area contributed by atoms with Crippen molar-refractivity contribution in [3.63, 3.8) is 0 Å². The number of phenolic OH excluding ortho intramolecular Hbond substituents is 1. The number of ketones is 1. The van der Waals surface area contributed by atoms with E-state index in [4.69, 9.17) is 0 Å². The van der Waals surface area contributed by atoms with Gasteiger partial charge in [-0.2, -0.15) is 11.8 Å². The van der Waals surface area contributed by atoms with E-state index in [0.717, 1.165) is 13.1 Å². The van der Waals surface area contributed by atoms with Crippen molar-refractivity contribution in [1.82, 2.24) is 4.90 Å². The Hall–Kier alpha value is -1.00. The van der Waals surface area contributed by atoms with Crippen LogP contribution in [0.25, 0.3) is 0 Å². The summed E-state index contributed by atoms with van der Waals surface area (Å²) in [5, 5.41) is 10.4. The Bertz CT molecular complexity index is 408. The van der Waals surface area contributed by atoms with E-state index in [1.165, 1.54) is 0 Å². The summed E-state index contributed by atoms with van der Waals surface area (Å²) in [7, 11) is 0. The highest BCUT2D eigenvalue weighted by Gasteiger charge is 2.23. The second-order valence-electron chi connectivity index (χ2n) is 4.92. The fourth-order valence-electron chi connectivity index (χ4n) is 2.36. The molecule has 0 saturated carbocycles. The van der Waals surface area contributed by atoms with Crippen molar-refractivity contribution >= 4 is 17.5 Å². The lowest BCUT2D eigenvalue weighted by Gasteiger charge is -2.34. The lowest BCUT2D eigenvalue weighted by Crippen LogP contribution is -2.42. The zero-order valence-electron chi connectivity index (χ0n) is 10.8. The number of carbonyl (C=O) groups excluding carboxylic acids is 1. The third-order valence-corrected chi connectivity index (χ3v) is 4.28. The van der Waals surface area contributed by atoms with E-state index < -0.39 is 0 Å². The summed E-state index contributed by atoms with van der Waals surface area (Å²) in [5.74, 6) is 0.324. The molecule has 0 aliphatic carbocycles. The Morgan fingerprint density at radius 2 is 1.83 bits per heavy atom. The summed E-state index contributed by atoms with van der Waals surface area (Å²) in [6, 6.07) is 6.49. The van der Waals surface area contributed by atoms with Gasteiger partial charge in [-0.15, -0.1) is 0 Å². The van der Waals surface area contributed by atoms with Gasteiger partial charge in [0.15, 0.2) is 5.78 Å². The highest BCUT2D eigenvalue weighted by molar-refractivity contribution is 8.00. The van der Waals surface area contributed by atoms with E-state index in [1.54, 1.807) is 24.3 Å². The van der Waals surface area contributed by atoms with E-state index in [2.05, 4.69) is 18.7 Å².